The van der Waals surface area contributed by atoms with Crippen LogP contribution in [-0.2, 0) is 4.74 Å². The number of ether oxygens (including phenoxy) is 1. The second-order valence-corrected chi connectivity index (χ2v) is 3.31. The van der Waals surface area contributed by atoms with Crippen molar-refractivity contribution in [1.82, 2.24) is 0 Å². The normalized spacial score (nSPS) is 11.7. The molecule has 0 aromatic heterocycles. The van der Waals surface area contributed by atoms with Crippen molar-refractivity contribution in [2.75, 3.05) is 13.7 Å². The van der Waals surface area contributed by atoms with Crippen molar-refractivity contribution in [1.29, 1.82) is 0 Å². The van der Waals surface area contributed by atoms with Crippen LogP contribution in [0.25, 0.3) is 0 Å². The highest BCUT2D eigenvalue weighted by molar-refractivity contribution is 9.10. The van der Waals surface area contributed by atoms with E-state index in [-0.39, 0.29) is 0 Å². The average molecular weight is 244 g/mol. The first-order valence-electron chi connectivity index (χ1n) is 3.74. The van der Waals surface area contributed by atoms with Gasteiger partial charge in [-0.05, 0) is 6.07 Å². The second kappa shape index (κ2) is 4.99. The van der Waals surface area contributed by atoms with Crippen molar-refractivity contribution in [3.8, 4) is 0 Å². The quantitative estimate of drug-likeness (QED) is 0.503. The van der Waals surface area contributed by atoms with Gasteiger partial charge in [0.25, 0.3) is 0 Å². The largest absolute Gasteiger partial charge is 0.411 e. The molecule has 1 aromatic rings. The Hall–Kier alpha value is -0.870. The molecule has 0 aliphatic carbocycles. The van der Waals surface area contributed by atoms with Crippen LogP contribution in [0.1, 0.15) is 5.56 Å². The molecule has 1 aromatic carbocycles. The van der Waals surface area contributed by atoms with Crippen LogP contribution in [0, 0.1) is 0 Å². The number of benzene rings is 1. The summed E-state index contributed by atoms with van der Waals surface area (Å²) in [5, 5.41) is 11.9. The van der Waals surface area contributed by atoms with Gasteiger partial charge in [0.1, 0.15) is 5.71 Å². The maximum absolute atomic E-state index is 8.72. The van der Waals surface area contributed by atoms with Crippen LogP contribution in [0.4, 0.5) is 0 Å². The first-order valence-corrected chi connectivity index (χ1v) is 4.53. The summed E-state index contributed by atoms with van der Waals surface area (Å²) in [7, 11) is 1.56. The Morgan fingerprint density at radius 2 is 2.23 bits per heavy atom. The van der Waals surface area contributed by atoms with E-state index >= 15 is 0 Å². The average Bonchev–Trinajstić information content (AvgIpc) is 2.16. The maximum Gasteiger partial charge on any atom is 0.114 e. The van der Waals surface area contributed by atoms with Gasteiger partial charge >= 0.3 is 0 Å². The number of hydrogen-bond donors (Lipinski definition) is 1. The minimum Gasteiger partial charge on any atom is -0.411 e. The summed E-state index contributed by atoms with van der Waals surface area (Å²) < 4.78 is 5.78. The van der Waals surface area contributed by atoms with Crippen molar-refractivity contribution in [3.63, 3.8) is 0 Å². The van der Waals surface area contributed by atoms with Gasteiger partial charge in [0.05, 0.1) is 6.61 Å². The third-order valence-corrected chi connectivity index (χ3v) is 2.28. The van der Waals surface area contributed by atoms with E-state index in [4.69, 9.17) is 9.94 Å². The molecule has 0 fully saturated rings. The fourth-order valence-electron chi connectivity index (χ4n) is 0.992. The minimum atomic E-state index is 0.291. The summed E-state index contributed by atoms with van der Waals surface area (Å²) in [5.74, 6) is 0. The van der Waals surface area contributed by atoms with E-state index in [2.05, 4.69) is 21.1 Å². The van der Waals surface area contributed by atoms with Gasteiger partial charge in [-0.2, -0.15) is 0 Å². The molecular formula is C9H10BrNO2. The first kappa shape index (κ1) is 10.2. The number of hydrogen-bond acceptors (Lipinski definition) is 3. The fraction of sp³-hybridized carbons (Fsp3) is 0.222. The molecule has 0 aliphatic heterocycles. The molecule has 0 radical (unpaired) electrons. The SMILES string of the molecule is COC/C(=N\O)c1ccccc1Br. The lowest BCUT2D eigenvalue weighted by atomic mass is 10.1. The van der Waals surface area contributed by atoms with Gasteiger partial charge in [0.2, 0.25) is 0 Å². The molecule has 0 amide bonds. The number of methoxy groups -OCH3 is 1. The standard InChI is InChI=1S/C9H10BrNO2/c1-13-6-9(11-12)7-4-2-3-5-8(7)10/h2-5,12H,6H2,1H3/b11-9+. The fourth-order valence-corrected chi connectivity index (χ4v) is 1.51. The molecule has 4 heteroatoms. The minimum absolute atomic E-state index is 0.291. The summed E-state index contributed by atoms with van der Waals surface area (Å²) in [5.41, 5.74) is 1.35. The third kappa shape index (κ3) is 2.54. The summed E-state index contributed by atoms with van der Waals surface area (Å²) in [6.45, 7) is 0.291. The summed E-state index contributed by atoms with van der Waals surface area (Å²) in [6, 6.07) is 7.52. The highest BCUT2D eigenvalue weighted by atomic mass is 79.9. The maximum atomic E-state index is 8.72. The van der Waals surface area contributed by atoms with Crippen molar-refractivity contribution in [2.24, 2.45) is 5.16 Å². The zero-order chi connectivity index (χ0) is 9.68. The van der Waals surface area contributed by atoms with Crippen LogP contribution in [0.15, 0.2) is 33.9 Å². The van der Waals surface area contributed by atoms with Gasteiger partial charge in [0.15, 0.2) is 0 Å². The van der Waals surface area contributed by atoms with E-state index in [0.29, 0.717) is 12.3 Å². The molecule has 0 atom stereocenters. The van der Waals surface area contributed by atoms with E-state index in [9.17, 15) is 0 Å². The highest BCUT2D eigenvalue weighted by Gasteiger charge is 2.06. The van der Waals surface area contributed by atoms with Crippen LogP contribution in [0.5, 0.6) is 0 Å². The molecule has 70 valence electrons. The molecule has 0 aliphatic rings. The Bertz CT molecular complexity index is 312. The Labute approximate surface area is 85.2 Å². The molecule has 1 rings (SSSR count). The lowest BCUT2D eigenvalue weighted by Crippen LogP contribution is -2.09. The molecule has 0 saturated carbocycles. The summed E-state index contributed by atoms with van der Waals surface area (Å²) in [6.07, 6.45) is 0. The Morgan fingerprint density at radius 3 is 2.77 bits per heavy atom. The van der Waals surface area contributed by atoms with E-state index in [1.165, 1.54) is 0 Å². The molecule has 0 heterocycles. The predicted octanol–water partition coefficient (Wildman–Crippen LogP) is 2.27. The number of halogens is 1. The molecule has 0 unspecified atom stereocenters. The molecule has 1 N–H and O–H groups in total. The van der Waals surface area contributed by atoms with E-state index in [1.807, 2.05) is 24.3 Å². The van der Waals surface area contributed by atoms with E-state index < -0.39 is 0 Å². The number of rotatable bonds is 3. The lowest BCUT2D eigenvalue weighted by Gasteiger charge is -2.04. The van der Waals surface area contributed by atoms with Crippen LogP contribution in [-0.4, -0.2) is 24.6 Å². The smallest absolute Gasteiger partial charge is 0.114 e. The lowest BCUT2D eigenvalue weighted by molar-refractivity contribution is 0.238. The van der Waals surface area contributed by atoms with Crippen molar-refractivity contribution < 1.29 is 9.94 Å². The predicted molar refractivity (Wildman–Crippen MR) is 54.3 cm³/mol. The molecule has 0 spiro atoms. The van der Waals surface area contributed by atoms with Crippen LogP contribution in [0.3, 0.4) is 0 Å². The zero-order valence-electron chi connectivity index (χ0n) is 7.20. The van der Waals surface area contributed by atoms with Crippen LogP contribution in [0.2, 0.25) is 0 Å². The summed E-state index contributed by atoms with van der Waals surface area (Å²) >= 11 is 3.36. The van der Waals surface area contributed by atoms with Gasteiger partial charge in [-0.1, -0.05) is 39.3 Å². The Kier molecular flexibility index (Phi) is 3.92. The van der Waals surface area contributed by atoms with Crippen LogP contribution < -0.4 is 0 Å². The Morgan fingerprint density at radius 1 is 1.54 bits per heavy atom. The highest BCUT2D eigenvalue weighted by Crippen LogP contribution is 2.16. The van der Waals surface area contributed by atoms with Gasteiger partial charge < -0.3 is 9.94 Å². The monoisotopic (exact) mass is 243 g/mol. The number of oxime groups is 1. The van der Waals surface area contributed by atoms with Crippen molar-refractivity contribution in [3.05, 3.63) is 34.3 Å². The molecule has 0 bridgehead atoms. The zero-order valence-corrected chi connectivity index (χ0v) is 8.78. The molecular weight excluding hydrogens is 234 g/mol. The third-order valence-electron chi connectivity index (χ3n) is 1.59. The van der Waals surface area contributed by atoms with E-state index in [0.717, 1.165) is 10.0 Å². The second-order valence-electron chi connectivity index (χ2n) is 2.46. The molecule has 3 nitrogen and oxygen atoms in total. The Balaban J connectivity index is 2.99. The van der Waals surface area contributed by atoms with Gasteiger partial charge in [-0.25, -0.2) is 0 Å². The molecule has 0 saturated heterocycles. The van der Waals surface area contributed by atoms with Gasteiger partial charge in [-0.15, -0.1) is 0 Å². The number of nitrogens with zero attached hydrogens (tertiary/aromatic N) is 1. The van der Waals surface area contributed by atoms with Crippen molar-refractivity contribution >= 4 is 21.6 Å². The van der Waals surface area contributed by atoms with Crippen LogP contribution >= 0.6 is 15.9 Å². The molecule has 13 heavy (non-hydrogen) atoms. The topological polar surface area (TPSA) is 41.8 Å². The first-order chi connectivity index (χ1) is 6.29. The van der Waals surface area contributed by atoms with Gasteiger partial charge in [0, 0.05) is 17.1 Å². The summed E-state index contributed by atoms with van der Waals surface area (Å²) in [4.78, 5) is 0. The van der Waals surface area contributed by atoms with E-state index in [1.54, 1.807) is 7.11 Å². The van der Waals surface area contributed by atoms with Gasteiger partial charge in [-0.3, -0.25) is 0 Å². The van der Waals surface area contributed by atoms with Crippen molar-refractivity contribution in [2.45, 2.75) is 0 Å².